The van der Waals surface area contributed by atoms with Gasteiger partial charge in [-0.15, -0.1) is 0 Å². The maximum absolute atomic E-state index is 4.21. The highest BCUT2D eigenvalue weighted by molar-refractivity contribution is 5.89. The van der Waals surface area contributed by atoms with Crippen LogP contribution in [0.4, 0.5) is 0 Å². The fraction of sp³-hybridized carbons (Fsp3) is 0.185. The van der Waals surface area contributed by atoms with Crippen LogP contribution in [0.15, 0.2) is 109 Å². The zero-order valence-electron chi connectivity index (χ0n) is 16.4. The van der Waals surface area contributed by atoms with Crippen LogP contribution in [0.2, 0.25) is 0 Å². The summed E-state index contributed by atoms with van der Waals surface area (Å²) in [5, 5.41) is 0. The lowest BCUT2D eigenvalue weighted by Crippen LogP contribution is -2.27. The van der Waals surface area contributed by atoms with Crippen LogP contribution in [0.25, 0.3) is 5.57 Å². The van der Waals surface area contributed by atoms with Crippen LogP contribution in [0, 0.1) is 0 Å². The first-order valence-corrected chi connectivity index (χ1v) is 9.76. The smallest absolute Gasteiger partial charge is 0.0497 e. The van der Waals surface area contributed by atoms with Gasteiger partial charge in [0.05, 0.1) is 0 Å². The molecule has 1 aliphatic carbocycles. The van der Waals surface area contributed by atoms with Gasteiger partial charge in [-0.05, 0) is 47.6 Å². The Labute approximate surface area is 164 Å². The van der Waals surface area contributed by atoms with Crippen molar-refractivity contribution in [2.75, 3.05) is 0 Å². The molecule has 0 heterocycles. The Kier molecular flexibility index (Phi) is 6.08. The summed E-state index contributed by atoms with van der Waals surface area (Å²) in [7, 11) is 0. The van der Waals surface area contributed by atoms with Crippen molar-refractivity contribution >= 4 is 5.57 Å². The average molecular weight is 353 g/mol. The van der Waals surface area contributed by atoms with Crippen LogP contribution in [-0.4, -0.2) is 0 Å². The highest BCUT2D eigenvalue weighted by atomic mass is 14.4. The maximum Gasteiger partial charge on any atom is 0.0497 e. The van der Waals surface area contributed by atoms with Crippen molar-refractivity contribution in [3.8, 4) is 0 Å². The molecule has 0 radical (unpaired) electrons. The van der Waals surface area contributed by atoms with Crippen molar-refractivity contribution in [1.29, 1.82) is 0 Å². The van der Waals surface area contributed by atoms with Gasteiger partial charge in [0.25, 0.3) is 0 Å². The van der Waals surface area contributed by atoms with Crippen LogP contribution in [0.3, 0.4) is 0 Å². The molecular weight excluding hydrogens is 324 g/mol. The summed E-state index contributed by atoms with van der Waals surface area (Å²) in [6.45, 7) is 8.44. The fourth-order valence-corrected chi connectivity index (χ4v) is 4.15. The average Bonchev–Trinajstić information content (AvgIpc) is 2.99. The van der Waals surface area contributed by atoms with Crippen LogP contribution >= 0.6 is 0 Å². The van der Waals surface area contributed by atoms with Crippen molar-refractivity contribution < 1.29 is 0 Å². The number of hydrogen-bond acceptors (Lipinski definition) is 0. The molecule has 0 fully saturated rings. The maximum atomic E-state index is 4.21. The van der Waals surface area contributed by atoms with E-state index in [1.807, 2.05) is 0 Å². The predicted octanol–water partition coefficient (Wildman–Crippen LogP) is 7.41. The third-order valence-corrected chi connectivity index (χ3v) is 5.27. The predicted molar refractivity (Wildman–Crippen MR) is 119 cm³/mol. The highest BCUT2D eigenvalue weighted by Crippen LogP contribution is 2.53. The van der Waals surface area contributed by atoms with E-state index in [9.17, 15) is 0 Å². The van der Waals surface area contributed by atoms with E-state index in [2.05, 4.69) is 118 Å². The molecule has 0 heteroatoms. The van der Waals surface area contributed by atoms with E-state index in [1.165, 1.54) is 27.8 Å². The Morgan fingerprint density at radius 1 is 0.926 bits per heavy atom. The Balaban J connectivity index is 2.26. The summed E-state index contributed by atoms with van der Waals surface area (Å²) in [6.07, 6.45) is 17.2. The molecule has 136 valence electrons. The molecule has 1 unspecified atom stereocenters. The van der Waals surface area contributed by atoms with Gasteiger partial charge >= 0.3 is 0 Å². The molecule has 0 spiro atoms. The minimum absolute atomic E-state index is 0.203. The lowest BCUT2D eigenvalue weighted by Gasteiger charge is -2.33. The number of allylic oxidation sites excluding steroid dienone is 9. The van der Waals surface area contributed by atoms with Crippen LogP contribution in [0.5, 0.6) is 0 Å². The summed E-state index contributed by atoms with van der Waals surface area (Å²) < 4.78 is 0. The third-order valence-electron chi connectivity index (χ3n) is 5.27. The molecule has 0 saturated carbocycles. The summed E-state index contributed by atoms with van der Waals surface area (Å²) in [5.74, 6) is 0. The minimum Gasteiger partial charge on any atom is -0.0987 e. The molecule has 0 N–H and O–H groups in total. The molecular formula is C27H28. The van der Waals surface area contributed by atoms with E-state index in [4.69, 9.17) is 0 Å². The Bertz CT molecular complexity index is 906. The van der Waals surface area contributed by atoms with E-state index in [0.717, 1.165) is 12.8 Å². The minimum atomic E-state index is -0.203. The van der Waals surface area contributed by atoms with Crippen molar-refractivity contribution in [3.63, 3.8) is 0 Å². The monoisotopic (exact) mass is 352 g/mol. The first-order chi connectivity index (χ1) is 13.3. The zero-order valence-corrected chi connectivity index (χ0v) is 16.4. The summed E-state index contributed by atoms with van der Waals surface area (Å²) >= 11 is 0. The van der Waals surface area contributed by atoms with E-state index >= 15 is 0 Å². The number of rotatable bonds is 7. The summed E-state index contributed by atoms with van der Waals surface area (Å²) in [4.78, 5) is 0. The number of hydrogen-bond donors (Lipinski definition) is 0. The van der Waals surface area contributed by atoms with E-state index in [0.29, 0.717) is 0 Å². The van der Waals surface area contributed by atoms with Crippen LogP contribution in [0.1, 0.15) is 43.4 Å². The van der Waals surface area contributed by atoms with Gasteiger partial charge in [0.1, 0.15) is 0 Å². The first-order valence-electron chi connectivity index (χ1n) is 9.76. The van der Waals surface area contributed by atoms with Gasteiger partial charge in [0, 0.05) is 5.41 Å². The molecule has 2 aromatic rings. The summed E-state index contributed by atoms with van der Waals surface area (Å²) in [5.41, 5.74) is 6.36. The van der Waals surface area contributed by atoms with Gasteiger partial charge in [-0.25, -0.2) is 0 Å². The van der Waals surface area contributed by atoms with Crippen LogP contribution in [-0.2, 0) is 5.41 Å². The molecule has 3 rings (SSSR count). The molecule has 0 aromatic heterocycles. The number of benzene rings is 2. The topological polar surface area (TPSA) is 0 Å². The molecule has 1 atom stereocenters. The molecule has 0 bridgehead atoms. The van der Waals surface area contributed by atoms with Crippen molar-refractivity contribution in [1.82, 2.24) is 0 Å². The fourth-order valence-electron chi connectivity index (χ4n) is 4.15. The quantitative estimate of drug-likeness (QED) is 0.455. The summed E-state index contributed by atoms with van der Waals surface area (Å²) in [6, 6.07) is 19.6. The van der Waals surface area contributed by atoms with Gasteiger partial charge in [-0.3, -0.25) is 0 Å². The molecule has 27 heavy (non-hydrogen) atoms. The van der Waals surface area contributed by atoms with Crippen molar-refractivity contribution in [2.45, 2.75) is 32.1 Å². The van der Waals surface area contributed by atoms with Crippen molar-refractivity contribution in [2.24, 2.45) is 0 Å². The second-order valence-corrected chi connectivity index (χ2v) is 6.82. The second-order valence-electron chi connectivity index (χ2n) is 6.82. The van der Waals surface area contributed by atoms with Crippen molar-refractivity contribution in [3.05, 3.63) is 126 Å². The molecule has 1 aliphatic rings. The third kappa shape index (κ3) is 3.40. The van der Waals surface area contributed by atoms with E-state index in [-0.39, 0.29) is 5.41 Å². The zero-order chi connectivity index (χ0) is 19.1. The first kappa shape index (κ1) is 18.9. The highest BCUT2D eigenvalue weighted by Gasteiger charge is 2.43. The van der Waals surface area contributed by atoms with Gasteiger partial charge in [-0.2, -0.15) is 0 Å². The van der Waals surface area contributed by atoms with E-state index < -0.39 is 0 Å². The lowest BCUT2D eigenvalue weighted by atomic mass is 9.69. The molecule has 2 aromatic carbocycles. The Morgan fingerprint density at radius 3 is 2.33 bits per heavy atom. The Hall–Kier alpha value is -2.86. The lowest BCUT2D eigenvalue weighted by molar-refractivity contribution is 0.640. The van der Waals surface area contributed by atoms with E-state index in [1.54, 1.807) is 0 Å². The van der Waals surface area contributed by atoms with Gasteiger partial charge < -0.3 is 0 Å². The van der Waals surface area contributed by atoms with Gasteiger partial charge in [0.15, 0.2) is 0 Å². The number of fused-ring (bicyclic) bond motifs is 1. The van der Waals surface area contributed by atoms with Gasteiger partial charge in [0.2, 0.25) is 0 Å². The molecule has 0 aliphatic heterocycles. The normalized spacial score (nSPS) is 19.5. The molecule has 0 saturated heterocycles. The van der Waals surface area contributed by atoms with Gasteiger partial charge in [-0.1, -0.05) is 111 Å². The SMILES string of the molecule is C=CC1=C(/C=C\C)c2ccccc2C1(C/C=C\C=CCC)c1ccccc1. The molecule has 0 nitrogen and oxygen atoms in total. The standard InChI is InChI=1S/C27H28/c1-4-7-8-9-15-21-27(22-17-11-10-12-18-22)25(6-3)23(16-5-2)24-19-13-14-20-26(24)27/h5-20H,3-4,21H2,1-2H3/b8-7?,15-9-,16-5-. The second kappa shape index (κ2) is 8.68. The Morgan fingerprint density at radius 2 is 1.63 bits per heavy atom. The van der Waals surface area contributed by atoms with Crippen LogP contribution < -0.4 is 0 Å². The molecule has 0 amide bonds. The largest absolute Gasteiger partial charge is 0.0987 e.